The number of amides is 1. The second kappa shape index (κ2) is 7.03. The summed E-state index contributed by atoms with van der Waals surface area (Å²) in [5, 5.41) is 10.9. The largest absolute Gasteiger partial charge is 0.438 e. The minimum Gasteiger partial charge on any atom is -0.438 e. The van der Waals surface area contributed by atoms with Crippen LogP contribution in [0.3, 0.4) is 0 Å². The van der Waals surface area contributed by atoms with Crippen LogP contribution < -0.4 is 5.32 Å². The van der Waals surface area contributed by atoms with Crippen molar-refractivity contribution in [3.8, 4) is 0 Å². The average molecular weight is 318 g/mol. The van der Waals surface area contributed by atoms with Crippen LogP contribution in [0.2, 0.25) is 0 Å². The van der Waals surface area contributed by atoms with Crippen molar-refractivity contribution in [2.75, 3.05) is 39.5 Å². The predicted molar refractivity (Wildman–Crippen MR) is 72.3 cm³/mol. The topological polar surface area (TPSA) is 109 Å². The lowest BCUT2D eigenvalue weighted by atomic mass is 10.4. The van der Waals surface area contributed by atoms with Crippen molar-refractivity contribution >= 4 is 15.9 Å². The number of hydrogen-bond acceptors (Lipinski definition) is 6. The first-order valence-electron chi connectivity index (χ1n) is 6.62. The highest BCUT2D eigenvalue weighted by Crippen LogP contribution is 2.19. The quantitative estimate of drug-likeness (QED) is 0.679. The third-order valence-electron chi connectivity index (χ3n) is 2.99. The second-order valence-electron chi connectivity index (χ2n) is 4.47. The predicted octanol–water partition coefficient (Wildman–Crippen LogP) is -0.587. The van der Waals surface area contributed by atoms with Gasteiger partial charge in [-0.1, -0.05) is 0 Å². The molecule has 2 rings (SSSR count). The molecular weight excluding hydrogens is 300 g/mol. The number of rotatable bonds is 6. The zero-order chi connectivity index (χ0) is 15.3. The number of sulfonamides is 1. The van der Waals surface area contributed by atoms with Crippen molar-refractivity contribution in [3.05, 3.63) is 17.9 Å². The van der Waals surface area contributed by atoms with Gasteiger partial charge in [0.25, 0.3) is 15.9 Å². The van der Waals surface area contributed by atoms with Crippen molar-refractivity contribution in [1.29, 1.82) is 0 Å². The molecule has 1 aliphatic rings. The van der Waals surface area contributed by atoms with E-state index in [9.17, 15) is 13.2 Å². The number of carbonyl (C=O) groups is 1. The highest BCUT2D eigenvalue weighted by Gasteiger charge is 2.29. The van der Waals surface area contributed by atoms with Gasteiger partial charge in [-0.15, -0.1) is 0 Å². The first kappa shape index (κ1) is 16.0. The smallest absolute Gasteiger partial charge is 0.287 e. The van der Waals surface area contributed by atoms with Gasteiger partial charge in [0, 0.05) is 26.2 Å². The maximum absolute atomic E-state index is 12.3. The summed E-state index contributed by atoms with van der Waals surface area (Å²) in [6.45, 7) is 1.47. The molecule has 1 aromatic rings. The Morgan fingerprint density at radius 1 is 1.33 bits per heavy atom. The number of morpholine rings is 1. The van der Waals surface area contributed by atoms with Crippen LogP contribution in [-0.4, -0.2) is 63.2 Å². The Balaban J connectivity index is 2.06. The number of furan rings is 1. The first-order valence-corrected chi connectivity index (χ1v) is 8.06. The zero-order valence-electron chi connectivity index (χ0n) is 11.4. The van der Waals surface area contributed by atoms with Crippen molar-refractivity contribution in [3.63, 3.8) is 0 Å². The van der Waals surface area contributed by atoms with E-state index in [0.717, 1.165) is 0 Å². The van der Waals surface area contributed by atoms with Crippen molar-refractivity contribution in [2.45, 2.75) is 11.5 Å². The minimum absolute atomic E-state index is 0.0326. The molecule has 2 heterocycles. The van der Waals surface area contributed by atoms with E-state index in [-0.39, 0.29) is 30.5 Å². The second-order valence-corrected chi connectivity index (χ2v) is 6.34. The maximum atomic E-state index is 12.3. The first-order chi connectivity index (χ1) is 10.1. The van der Waals surface area contributed by atoms with E-state index in [1.807, 2.05) is 0 Å². The lowest BCUT2D eigenvalue weighted by Crippen LogP contribution is -2.40. The zero-order valence-corrected chi connectivity index (χ0v) is 12.3. The van der Waals surface area contributed by atoms with Crippen LogP contribution in [0.5, 0.6) is 0 Å². The molecule has 0 atom stereocenters. The molecular formula is C12H18N2O6S. The number of carbonyl (C=O) groups excluding carboxylic acids is 1. The Kier molecular flexibility index (Phi) is 5.34. The van der Waals surface area contributed by atoms with Crippen LogP contribution in [0.25, 0.3) is 0 Å². The van der Waals surface area contributed by atoms with Gasteiger partial charge in [-0.2, -0.15) is 4.31 Å². The average Bonchev–Trinajstić information content (AvgIpc) is 2.99. The fourth-order valence-corrected chi connectivity index (χ4v) is 3.18. The maximum Gasteiger partial charge on any atom is 0.287 e. The Hall–Kier alpha value is -1.42. The van der Waals surface area contributed by atoms with E-state index in [1.165, 1.54) is 16.4 Å². The van der Waals surface area contributed by atoms with Crippen LogP contribution in [0.1, 0.15) is 17.0 Å². The molecule has 2 N–H and O–H groups in total. The van der Waals surface area contributed by atoms with Gasteiger partial charge in [-0.25, -0.2) is 8.42 Å². The van der Waals surface area contributed by atoms with Gasteiger partial charge in [0.15, 0.2) is 5.76 Å². The molecule has 0 bridgehead atoms. The molecule has 21 heavy (non-hydrogen) atoms. The van der Waals surface area contributed by atoms with Gasteiger partial charge in [0.2, 0.25) is 5.09 Å². The highest BCUT2D eigenvalue weighted by molar-refractivity contribution is 7.89. The third kappa shape index (κ3) is 3.82. The van der Waals surface area contributed by atoms with Gasteiger partial charge in [0.05, 0.1) is 13.2 Å². The van der Waals surface area contributed by atoms with Crippen molar-refractivity contribution < 1.29 is 27.5 Å². The van der Waals surface area contributed by atoms with Crippen LogP contribution in [0, 0.1) is 0 Å². The molecule has 0 unspecified atom stereocenters. The number of nitrogens with one attached hydrogen (secondary N) is 1. The number of aliphatic hydroxyl groups is 1. The summed E-state index contributed by atoms with van der Waals surface area (Å²) in [5.41, 5.74) is 0. The lowest BCUT2D eigenvalue weighted by Gasteiger charge is -2.24. The fraction of sp³-hybridized carbons (Fsp3) is 0.583. The van der Waals surface area contributed by atoms with Gasteiger partial charge >= 0.3 is 0 Å². The molecule has 1 aliphatic heterocycles. The summed E-state index contributed by atoms with van der Waals surface area (Å²) in [6, 6.07) is 2.59. The third-order valence-corrected chi connectivity index (χ3v) is 4.76. The molecule has 0 aliphatic carbocycles. The van der Waals surface area contributed by atoms with E-state index < -0.39 is 15.9 Å². The minimum atomic E-state index is -3.73. The molecule has 1 aromatic heterocycles. The normalized spacial score (nSPS) is 16.8. The summed E-state index contributed by atoms with van der Waals surface area (Å²) in [4.78, 5) is 11.7. The van der Waals surface area contributed by atoms with Crippen molar-refractivity contribution in [1.82, 2.24) is 9.62 Å². The highest BCUT2D eigenvalue weighted by atomic mass is 32.2. The number of aliphatic hydroxyl groups excluding tert-OH is 1. The Labute approximate surface area is 122 Å². The summed E-state index contributed by atoms with van der Waals surface area (Å²) >= 11 is 0. The molecule has 118 valence electrons. The monoisotopic (exact) mass is 318 g/mol. The standard InChI is InChI=1S/C12H18N2O6S/c15-7-1-4-13-12(16)10-2-3-11(20-10)21(17,18)14-5-8-19-9-6-14/h2-3,15H,1,4-9H2,(H,13,16). The van der Waals surface area contributed by atoms with E-state index in [0.29, 0.717) is 26.2 Å². The van der Waals surface area contributed by atoms with Gasteiger partial charge in [-0.05, 0) is 18.6 Å². The molecule has 1 amide bonds. The Morgan fingerprint density at radius 2 is 2.05 bits per heavy atom. The van der Waals surface area contributed by atoms with Crippen molar-refractivity contribution in [2.24, 2.45) is 0 Å². The van der Waals surface area contributed by atoms with E-state index in [4.69, 9.17) is 14.3 Å². The molecule has 0 spiro atoms. The van der Waals surface area contributed by atoms with Crippen LogP contribution >= 0.6 is 0 Å². The summed E-state index contributed by atoms with van der Waals surface area (Å²) in [7, 11) is -3.73. The van der Waals surface area contributed by atoms with E-state index in [2.05, 4.69) is 5.32 Å². The van der Waals surface area contributed by atoms with E-state index in [1.54, 1.807) is 0 Å². The number of nitrogens with zero attached hydrogens (tertiary/aromatic N) is 1. The molecule has 9 heteroatoms. The summed E-state index contributed by atoms with van der Waals surface area (Å²) in [5.74, 6) is -0.577. The summed E-state index contributed by atoms with van der Waals surface area (Å²) in [6.07, 6.45) is 0.422. The number of ether oxygens (including phenoxy) is 1. The van der Waals surface area contributed by atoms with Crippen LogP contribution in [0.15, 0.2) is 21.6 Å². The molecule has 0 aromatic carbocycles. The Bertz CT molecular complexity index is 576. The molecule has 1 saturated heterocycles. The SMILES string of the molecule is O=C(NCCCO)c1ccc(S(=O)(=O)N2CCOCC2)o1. The lowest BCUT2D eigenvalue weighted by molar-refractivity contribution is 0.0722. The fourth-order valence-electron chi connectivity index (χ4n) is 1.86. The molecule has 1 fully saturated rings. The Morgan fingerprint density at radius 3 is 2.71 bits per heavy atom. The van der Waals surface area contributed by atoms with Crippen LogP contribution in [0.4, 0.5) is 0 Å². The van der Waals surface area contributed by atoms with Crippen LogP contribution in [-0.2, 0) is 14.8 Å². The van der Waals surface area contributed by atoms with Gasteiger partial charge < -0.3 is 19.6 Å². The molecule has 0 radical (unpaired) electrons. The summed E-state index contributed by atoms with van der Waals surface area (Å²) < 4.78 is 36.1. The van der Waals surface area contributed by atoms with E-state index >= 15 is 0 Å². The van der Waals surface area contributed by atoms with Gasteiger partial charge in [0.1, 0.15) is 0 Å². The molecule has 0 saturated carbocycles. The van der Waals surface area contributed by atoms with Gasteiger partial charge in [-0.3, -0.25) is 4.79 Å². The molecule has 8 nitrogen and oxygen atoms in total. The number of hydrogen-bond donors (Lipinski definition) is 2.